The van der Waals surface area contributed by atoms with Gasteiger partial charge in [0.25, 0.3) is 0 Å². The van der Waals surface area contributed by atoms with Gasteiger partial charge in [-0.25, -0.2) is 0 Å². The van der Waals surface area contributed by atoms with Gasteiger partial charge >= 0.3 is 0 Å². The molecule has 3 nitrogen and oxygen atoms in total. The van der Waals surface area contributed by atoms with Gasteiger partial charge in [0.15, 0.2) is 0 Å². The smallest absolute Gasteiger partial charge is 0.0950 e. The summed E-state index contributed by atoms with van der Waals surface area (Å²) in [6.45, 7) is 6.78. The van der Waals surface area contributed by atoms with E-state index in [1.54, 1.807) is 6.26 Å². The highest BCUT2D eigenvalue weighted by molar-refractivity contribution is 5.12. The molecule has 1 fully saturated rings. The second kappa shape index (κ2) is 6.06. The highest BCUT2D eigenvalue weighted by Crippen LogP contribution is 2.26. The molecular weight excluding hydrogens is 200 g/mol. The van der Waals surface area contributed by atoms with E-state index >= 15 is 0 Å². The quantitative estimate of drug-likeness (QED) is 0.829. The van der Waals surface area contributed by atoms with Crippen molar-refractivity contribution in [2.75, 3.05) is 26.2 Å². The van der Waals surface area contributed by atoms with Crippen LogP contribution in [0.3, 0.4) is 0 Å². The monoisotopic (exact) mass is 222 g/mol. The largest absolute Gasteiger partial charge is 0.472 e. The summed E-state index contributed by atoms with van der Waals surface area (Å²) in [5, 5.41) is 3.41. The standard InChI is InChI=1S/C13H22N2O/c1-2-3-4-13(12-5-10-16-11-12)15-8-6-14-7-9-15/h5,10-11,13-14H,2-4,6-9H2,1H3/t13-/m0/s1. The third-order valence-electron chi connectivity index (χ3n) is 3.35. The SMILES string of the molecule is CCCC[C@@H](c1ccoc1)N1CCNCC1. The van der Waals surface area contributed by atoms with Gasteiger partial charge < -0.3 is 9.73 Å². The molecule has 2 rings (SSSR count). The first-order chi connectivity index (χ1) is 7.92. The van der Waals surface area contributed by atoms with Crippen molar-refractivity contribution in [3.63, 3.8) is 0 Å². The average molecular weight is 222 g/mol. The maximum atomic E-state index is 5.22. The van der Waals surface area contributed by atoms with Gasteiger partial charge in [0, 0.05) is 37.8 Å². The molecule has 0 aromatic carbocycles. The Hall–Kier alpha value is -0.800. The topological polar surface area (TPSA) is 28.4 Å². The fraction of sp³-hybridized carbons (Fsp3) is 0.692. The van der Waals surface area contributed by atoms with Gasteiger partial charge in [-0.2, -0.15) is 0 Å². The summed E-state index contributed by atoms with van der Waals surface area (Å²) in [5.41, 5.74) is 1.34. The maximum Gasteiger partial charge on any atom is 0.0950 e. The molecule has 1 atom stereocenters. The lowest BCUT2D eigenvalue weighted by Crippen LogP contribution is -2.45. The van der Waals surface area contributed by atoms with Gasteiger partial charge in [-0.3, -0.25) is 4.90 Å². The second-order valence-electron chi connectivity index (χ2n) is 4.50. The Bertz CT molecular complexity index is 278. The minimum atomic E-state index is 0.556. The molecule has 0 bridgehead atoms. The molecule has 1 N–H and O–H groups in total. The normalized spacial score (nSPS) is 19.8. The predicted octanol–water partition coefficient (Wildman–Crippen LogP) is 2.42. The third-order valence-corrected chi connectivity index (χ3v) is 3.35. The zero-order valence-corrected chi connectivity index (χ0v) is 10.1. The molecule has 1 aliphatic heterocycles. The van der Waals surface area contributed by atoms with E-state index < -0.39 is 0 Å². The Balaban J connectivity index is 2.01. The van der Waals surface area contributed by atoms with Crippen LogP contribution in [-0.4, -0.2) is 31.1 Å². The van der Waals surface area contributed by atoms with Crippen molar-refractivity contribution in [3.8, 4) is 0 Å². The molecule has 0 amide bonds. The molecule has 0 saturated carbocycles. The first-order valence-electron chi connectivity index (χ1n) is 6.38. The molecule has 1 aromatic heterocycles. The van der Waals surface area contributed by atoms with Crippen molar-refractivity contribution in [1.29, 1.82) is 0 Å². The fourth-order valence-corrected chi connectivity index (χ4v) is 2.42. The van der Waals surface area contributed by atoms with Crippen LogP contribution in [0.4, 0.5) is 0 Å². The molecule has 1 aliphatic rings. The summed E-state index contributed by atoms with van der Waals surface area (Å²) >= 11 is 0. The number of rotatable bonds is 5. The number of hydrogen-bond donors (Lipinski definition) is 1. The highest BCUT2D eigenvalue weighted by atomic mass is 16.3. The average Bonchev–Trinajstić information content (AvgIpc) is 2.85. The van der Waals surface area contributed by atoms with Crippen LogP contribution in [0.2, 0.25) is 0 Å². The minimum absolute atomic E-state index is 0.556. The predicted molar refractivity (Wildman–Crippen MR) is 65.4 cm³/mol. The van der Waals surface area contributed by atoms with Crippen LogP contribution in [0.1, 0.15) is 37.8 Å². The zero-order chi connectivity index (χ0) is 11.2. The molecular formula is C13H22N2O. The number of nitrogens with one attached hydrogen (secondary N) is 1. The van der Waals surface area contributed by atoms with Crippen molar-refractivity contribution in [1.82, 2.24) is 10.2 Å². The lowest BCUT2D eigenvalue weighted by Gasteiger charge is -2.34. The maximum absolute atomic E-state index is 5.22. The van der Waals surface area contributed by atoms with Gasteiger partial charge in [0.05, 0.1) is 12.5 Å². The minimum Gasteiger partial charge on any atom is -0.472 e. The molecule has 0 unspecified atom stereocenters. The molecule has 90 valence electrons. The number of nitrogens with zero attached hydrogens (tertiary/aromatic N) is 1. The van der Waals surface area contributed by atoms with Crippen molar-refractivity contribution in [2.24, 2.45) is 0 Å². The summed E-state index contributed by atoms with van der Waals surface area (Å²) in [6.07, 6.45) is 7.50. The van der Waals surface area contributed by atoms with E-state index in [2.05, 4.69) is 23.2 Å². The lowest BCUT2D eigenvalue weighted by atomic mass is 10.0. The fourth-order valence-electron chi connectivity index (χ4n) is 2.42. The molecule has 2 heterocycles. The number of hydrogen-bond acceptors (Lipinski definition) is 3. The van der Waals surface area contributed by atoms with Gasteiger partial charge in [0.2, 0.25) is 0 Å². The van der Waals surface area contributed by atoms with E-state index in [0.717, 1.165) is 26.2 Å². The molecule has 16 heavy (non-hydrogen) atoms. The number of furan rings is 1. The number of unbranched alkanes of at least 4 members (excludes halogenated alkanes) is 1. The molecule has 0 spiro atoms. The van der Waals surface area contributed by atoms with Crippen molar-refractivity contribution < 1.29 is 4.42 Å². The van der Waals surface area contributed by atoms with E-state index in [9.17, 15) is 0 Å². The van der Waals surface area contributed by atoms with Crippen LogP contribution in [-0.2, 0) is 0 Å². The first kappa shape index (κ1) is 11.7. The van der Waals surface area contributed by atoms with E-state index in [-0.39, 0.29) is 0 Å². The van der Waals surface area contributed by atoms with E-state index in [1.807, 2.05) is 6.26 Å². The van der Waals surface area contributed by atoms with Crippen molar-refractivity contribution in [2.45, 2.75) is 32.2 Å². The lowest BCUT2D eigenvalue weighted by molar-refractivity contribution is 0.162. The van der Waals surface area contributed by atoms with Crippen LogP contribution in [0.15, 0.2) is 23.0 Å². The second-order valence-corrected chi connectivity index (χ2v) is 4.50. The summed E-state index contributed by atoms with van der Waals surface area (Å²) in [5.74, 6) is 0. The summed E-state index contributed by atoms with van der Waals surface area (Å²) < 4.78 is 5.22. The van der Waals surface area contributed by atoms with E-state index in [1.165, 1.54) is 24.8 Å². The van der Waals surface area contributed by atoms with E-state index in [4.69, 9.17) is 4.42 Å². The Morgan fingerprint density at radius 1 is 1.44 bits per heavy atom. The molecule has 1 aromatic rings. The van der Waals surface area contributed by atoms with Gasteiger partial charge in [-0.15, -0.1) is 0 Å². The summed E-state index contributed by atoms with van der Waals surface area (Å²) in [4.78, 5) is 2.58. The molecule has 0 aliphatic carbocycles. The summed E-state index contributed by atoms with van der Waals surface area (Å²) in [6, 6.07) is 2.67. The van der Waals surface area contributed by atoms with Gasteiger partial charge in [-0.1, -0.05) is 19.8 Å². The Kier molecular flexibility index (Phi) is 4.43. The highest BCUT2D eigenvalue weighted by Gasteiger charge is 2.22. The summed E-state index contributed by atoms with van der Waals surface area (Å²) in [7, 11) is 0. The Morgan fingerprint density at radius 3 is 2.88 bits per heavy atom. The first-order valence-corrected chi connectivity index (χ1v) is 6.38. The van der Waals surface area contributed by atoms with Gasteiger partial charge in [0.1, 0.15) is 0 Å². The zero-order valence-electron chi connectivity index (χ0n) is 10.1. The van der Waals surface area contributed by atoms with Crippen LogP contribution in [0.25, 0.3) is 0 Å². The van der Waals surface area contributed by atoms with Crippen LogP contribution >= 0.6 is 0 Å². The van der Waals surface area contributed by atoms with Crippen molar-refractivity contribution >= 4 is 0 Å². The van der Waals surface area contributed by atoms with Crippen LogP contribution in [0, 0.1) is 0 Å². The van der Waals surface area contributed by atoms with Gasteiger partial charge in [-0.05, 0) is 12.5 Å². The third kappa shape index (κ3) is 2.86. The van der Waals surface area contributed by atoms with Crippen molar-refractivity contribution in [3.05, 3.63) is 24.2 Å². The van der Waals surface area contributed by atoms with E-state index in [0.29, 0.717) is 6.04 Å². The molecule has 0 radical (unpaired) electrons. The Morgan fingerprint density at radius 2 is 2.25 bits per heavy atom. The van der Waals surface area contributed by atoms with Crippen LogP contribution in [0.5, 0.6) is 0 Å². The Labute approximate surface area is 97.8 Å². The van der Waals surface area contributed by atoms with Crippen LogP contribution < -0.4 is 5.32 Å². The number of piperazine rings is 1. The molecule has 3 heteroatoms. The molecule has 1 saturated heterocycles.